The summed E-state index contributed by atoms with van der Waals surface area (Å²) in [7, 11) is 0. The zero-order valence-corrected chi connectivity index (χ0v) is 15.3. The van der Waals surface area contributed by atoms with Crippen molar-refractivity contribution in [2.45, 2.75) is 64.2 Å². The predicted molar refractivity (Wildman–Crippen MR) is 95.2 cm³/mol. The van der Waals surface area contributed by atoms with E-state index in [1.807, 2.05) is 6.07 Å². The van der Waals surface area contributed by atoms with Crippen LogP contribution >= 0.6 is 0 Å². The molecule has 0 heterocycles. The molecule has 0 aromatic heterocycles. The third-order valence-corrected chi connectivity index (χ3v) is 5.86. The van der Waals surface area contributed by atoms with E-state index in [9.17, 15) is 9.59 Å². The molecule has 136 valence electrons. The first-order chi connectivity index (χ1) is 12.1. The monoisotopic (exact) mass is 344 g/mol. The first kappa shape index (κ1) is 18.0. The second-order valence-electron chi connectivity index (χ2n) is 7.37. The van der Waals surface area contributed by atoms with Crippen LogP contribution in [0.3, 0.4) is 0 Å². The van der Waals surface area contributed by atoms with Crippen molar-refractivity contribution >= 4 is 11.9 Å². The zero-order chi connectivity index (χ0) is 17.9. The number of hydrogen-bond acceptors (Lipinski definition) is 4. The van der Waals surface area contributed by atoms with E-state index in [-0.39, 0.29) is 18.6 Å². The highest BCUT2D eigenvalue weighted by Crippen LogP contribution is 2.54. The molecule has 4 nitrogen and oxygen atoms in total. The van der Waals surface area contributed by atoms with E-state index in [0.717, 1.165) is 31.2 Å². The highest BCUT2D eigenvalue weighted by Gasteiger charge is 2.57. The second-order valence-corrected chi connectivity index (χ2v) is 7.37. The fourth-order valence-electron chi connectivity index (χ4n) is 4.84. The number of benzene rings is 1. The number of hydrogen-bond donors (Lipinski definition) is 0. The maximum absolute atomic E-state index is 12.9. The largest absolute Gasteiger partial charge is 0.465 e. The van der Waals surface area contributed by atoms with Crippen molar-refractivity contribution in [3.8, 4) is 0 Å². The van der Waals surface area contributed by atoms with Gasteiger partial charge < -0.3 is 9.47 Å². The van der Waals surface area contributed by atoms with Crippen LogP contribution in [0.2, 0.25) is 0 Å². The minimum atomic E-state index is -1.21. The number of ether oxygens (including phenoxy) is 2. The average Bonchev–Trinajstić information content (AvgIpc) is 2.62. The van der Waals surface area contributed by atoms with Gasteiger partial charge in [-0.25, -0.2) is 0 Å². The lowest BCUT2D eigenvalue weighted by Crippen LogP contribution is -2.52. The molecule has 1 aromatic rings. The molecule has 2 aliphatic rings. The average molecular weight is 344 g/mol. The Morgan fingerprint density at radius 3 is 2.16 bits per heavy atom. The third kappa shape index (κ3) is 3.07. The molecular formula is C21H28O4. The molecule has 1 aromatic carbocycles. The van der Waals surface area contributed by atoms with Crippen LogP contribution < -0.4 is 0 Å². The standard InChI is InChI=1S/C21H28O4/c1-3-24-18(22)21(19(23)25-4-2)14-16-10-6-7-11-17(16)20(15-21)12-8-5-9-13-20/h6-7,10-11H,3-5,8-9,12-15H2,1-2H3. The van der Waals surface area contributed by atoms with Crippen molar-refractivity contribution < 1.29 is 19.1 Å². The van der Waals surface area contributed by atoms with Gasteiger partial charge in [-0.1, -0.05) is 43.5 Å². The molecular weight excluding hydrogens is 316 g/mol. The van der Waals surface area contributed by atoms with Gasteiger partial charge in [0.05, 0.1) is 13.2 Å². The molecule has 2 aliphatic carbocycles. The molecule has 0 amide bonds. The molecule has 4 heteroatoms. The molecule has 0 N–H and O–H groups in total. The predicted octanol–water partition coefficient (Wildman–Crippen LogP) is 3.95. The molecule has 0 saturated heterocycles. The van der Waals surface area contributed by atoms with E-state index in [2.05, 4.69) is 18.2 Å². The fourth-order valence-corrected chi connectivity index (χ4v) is 4.84. The first-order valence-electron chi connectivity index (χ1n) is 9.51. The molecule has 25 heavy (non-hydrogen) atoms. The Morgan fingerprint density at radius 2 is 1.56 bits per heavy atom. The molecule has 0 radical (unpaired) electrons. The van der Waals surface area contributed by atoms with Crippen LogP contribution in [0.1, 0.15) is 63.5 Å². The Morgan fingerprint density at radius 1 is 0.960 bits per heavy atom. The van der Waals surface area contributed by atoms with Crippen LogP contribution in [0.4, 0.5) is 0 Å². The summed E-state index contributed by atoms with van der Waals surface area (Å²) in [4.78, 5) is 25.9. The van der Waals surface area contributed by atoms with Crippen molar-refractivity contribution in [1.82, 2.24) is 0 Å². The zero-order valence-electron chi connectivity index (χ0n) is 15.3. The molecule has 0 unspecified atom stereocenters. The quantitative estimate of drug-likeness (QED) is 0.613. The summed E-state index contributed by atoms with van der Waals surface area (Å²) < 4.78 is 10.7. The van der Waals surface area contributed by atoms with Crippen molar-refractivity contribution in [3.63, 3.8) is 0 Å². The Kier molecular flexibility index (Phi) is 5.16. The molecule has 1 saturated carbocycles. The van der Waals surface area contributed by atoms with E-state index >= 15 is 0 Å². The van der Waals surface area contributed by atoms with Crippen LogP contribution in [-0.2, 0) is 30.9 Å². The minimum Gasteiger partial charge on any atom is -0.465 e. The van der Waals surface area contributed by atoms with Gasteiger partial charge in [0.15, 0.2) is 5.41 Å². The van der Waals surface area contributed by atoms with Gasteiger partial charge in [0.1, 0.15) is 0 Å². The van der Waals surface area contributed by atoms with E-state index < -0.39 is 17.4 Å². The summed E-state index contributed by atoms with van der Waals surface area (Å²) >= 11 is 0. The van der Waals surface area contributed by atoms with Crippen LogP contribution in [0.25, 0.3) is 0 Å². The van der Waals surface area contributed by atoms with Gasteiger partial charge in [-0.15, -0.1) is 0 Å². The van der Waals surface area contributed by atoms with Gasteiger partial charge in [0.25, 0.3) is 0 Å². The third-order valence-electron chi connectivity index (χ3n) is 5.86. The lowest BCUT2D eigenvalue weighted by atomic mass is 9.55. The van der Waals surface area contributed by atoms with E-state index in [1.54, 1.807) is 13.8 Å². The summed E-state index contributed by atoms with van der Waals surface area (Å²) in [5.74, 6) is -0.846. The smallest absolute Gasteiger partial charge is 0.323 e. The van der Waals surface area contributed by atoms with Crippen LogP contribution in [0.5, 0.6) is 0 Å². The van der Waals surface area contributed by atoms with Gasteiger partial charge >= 0.3 is 11.9 Å². The topological polar surface area (TPSA) is 52.6 Å². The summed E-state index contributed by atoms with van der Waals surface area (Å²) in [6, 6.07) is 8.29. The van der Waals surface area contributed by atoms with Crippen molar-refractivity contribution in [1.29, 1.82) is 0 Å². The van der Waals surface area contributed by atoms with E-state index in [4.69, 9.17) is 9.47 Å². The number of carbonyl (C=O) groups excluding carboxylic acids is 2. The van der Waals surface area contributed by atoms with Gasteiger partial charge in [0.2, 0.25) is 0 Å². The van der Waals surface area contributed by atoms with Gasteiger partial charge in [-0.3, -0.25) is 9.59 Å². The van der Waals surface area contributed by atoms with Crippen LogP contribution in [-0.4, -0.2) is 25.2 Å². The molecule has 0 atom stereocenters. The molecule has 0 bridgehead atoms. The highest BCUT2D eigenvalue weighted by molar-refractivity contribution is 6.01. The van der Waals surface area contributed by atoms with Crippen LogP contribution in [0, 0.1) is 5.41 Å². The van der Waals surface area contributed by atoms with Gasteiger partial charge in [0, 0.05) is 0 Å². The SMILES string of the molecule is CCOC(=O)C1(C(=O)OCC)Cc2ccccc2C2(CCCCC2)C1. The number of carbonyl (C=O) groups is 2. The number of fused-ring (bicyclic) bond motifs is 2. The summed E-state index contributed by atoms with van der Waals surface area (Å²) in [6.07, 6.45) is 6.41. The van der Waals surface area contributed by atoms with Crippen molar-refractivity contribution in [3.05, 3.63) is 35.4 Å². The van der Waals surface area contributed by atoms with Gasteiger partial charge in [-0.05, 0) is 56.1 Å². The highest BCUT2D eigenvalue weighted by atomic mass is 16.6. The fraction of sp³-hybridized carbons (Fsp3) is 0.619. The molecule has 1 spiro atoms. The van der Waals surface area contributed by atoms with E-state index in [1.165, 1.54) is 12.0 Å². The lowest BCUT2D eigenvalue weighted by Gasteiger charge is -2.48. The Bertz CT molecular complexity index is 625. The summed E-state index contributed by atoms with van der Waals surface area (Å²) in [6.45, 7) is 4.11. The maximum atomic E-state index is 12.9. The first-order valence-corrected chi connectivity index (χ1v) is 9.51. The maximum Gasteiger partial charge on any atom is 0.323 e. The second kappa shape index (κ2) is 7.19. The summed E-state index contributed by atoms with van der Waals surface area (Å²) in [5, 5.41) is 0. The minimum absolute atomic E-state index is 0.118. The Labute approximate surface area is 149 Å². The van der Waals surface area contributed by atoms with E-state index in [0.29, 0.717) is 12.8 Å². The van der Waals surface area contributed by atoms with Crippen molar-refractivity contribution in [2.24, 2.45) is 5.41 Å². The molecule has 0 aliphatic heterocycles. The Hall–Kier alpha value is -1.84. The Balaban J connectivity index is 2.11. The number of esters is 2. The van der Waals surface area contributed by atoms with Crippen molar-refractivity contribution in [2.75, 3.05) is 13.2 Å². The molecule has 1 fully saturated rings. The lowest BCUT2D eigenvalue weighted by molar-refractivity contribution is -0.175. The van der Waals surface area contributed by atoms with Gasteiger partial charge in [-0.2, -0.15) is 0 Å². The number of rotatable bonds is 4. The molecule has 3 rings (SSSR count). The normalized spacial score (nSPS) is 20.6. The summed E-state index contributed by atoms with van der Waals surface area (Å²) in [5.41, 5.74) is 1.08. The van der Waals surface area contributed by atoms with Crippen LogP contribution in [0.15, 0.2) is 24.3 Å².